The van der Waals surface area contributed by atoms with Crippen LogP contribution in [0.25, 0.3) is 0 Å². The van der Waals surface area contributed by atoms with E-state index in [9.17, 15) is 36.3 Å². The average Bonchev–Trinajstić information content (AvgIpc) is 3.46. The molecule has 0 saturated heterocycles. The zero-order valence-electron chi connectivity index (χ0n) is 19.2. The fourth-order valence-electron chi connectivity index (χ4n) is 3.87. The van der Waals surface area contributed by atoms with Gasteiger partial charge in [-0.1, -0.05) is 23.7 Å². The topological polar surface area (TPSA) is 87.3 Å². The highest BCUT2D eigenvalue weighted by molar-refractivity contribution is 6.53. The molecular weight excluding hydrogens is 592 g/mol. The molecule has 3 amide bonds. The van der Waals surface area contributed by atoms with Crippen LogP contribution < -0.4 is 16.0 Å². The molecule has 3 aromatic rings. The van der Waals surface area contributed by atoms with Crippen molar-refractivity contribution in [2.75, 3.05) is 16.0 Å². The van der Waals surface area contributed by atoms with Crippen molar-refractivity contribution in [3.63, 3.8) is 0 Å². The molecule has 0 aromatic heterocycles. The molecule has 1 aliphatic carbocycles. The van der Waals surface area contributed by atoms with E-state index in [4.69, 9.17) is 34.8 Å². The van der Waals surface area contributed by atoms with Gasteiger partial charge in [0, 0.05) is 11.6 Å². The predicted octanol–water partition coefficient (Wildman–Crippen LogP) is 6.74. The van der Waals surface area contributed by atoms with Crippen LogP contribution in [-0.2, 0) is 9.59 Å². The Morgan fingerprint density at radius 3 is 2.18 bits per heavy atom. The number of halogens is 8. The number of carbonyl (C=O) groups is 3. The number of anilines is 3. The summed E-state index contributed by atoms with van der Waals surface area (Å²) in [6.07, 6.45) is -3.54. The molecule has 1 saturated carbocycles. The van der Waals surface area contributed by atoms with Gasteiger partial charge in [0.05, 0.1) is 22.2 Å². The van der Waals surface area contributed by atoms with Crippen LogP contribution in [-0.4, -0.2) is 28.5 Å². The highest BCUT2D eigenvalue weighted by Crippen LogP contribution is 2.65. The van der Waals surface area contributed by atoms with Crippen LogP contribution in [0.5, 0.6) is 0 Å². The number of rotatable bonds is 7. The maximum Gasteiger partial charge on any atom is 0.315 e. The van der Waals surface area contributed by atoms with Crippen LogP contribution in [0, 0.1) is 23.4 Å². The summed E-state index contributed by atoms with van der Waals surface area (Å²) < 4.78 is 65.4. The van der Waals surface area contributed by atoms with E-state index in [2.05, 4.69) is 10.6 Å². The van der Waals surface area contributed by atoms with Crippen molar-refractivity contribution in [2.24, 2.45) is 5.92 Å². The lowest BCUT2D eigenvalue weighted by Gasteiger charge is -2.13. The molecule has 0 bridgehead atoms. The Kier molecular flexibility index (Phi) is 8.06. The minimum absolute atomic E-state index is 0.0907. The van der Waals surface area contributed by atoms with Crippen molar-refractivity contribution in [2.45, 2.75) is 16.7 Å². The number of benzene rings is 3. The third-order valence-corrected chi connectivity index (χ3v) is 7.10. The summed E-state index contributed by atoms with van der Waals surface area (Å²) in [5.41, 5.74) is -1.44. The fourth-order valence-corrected chi connectivity index (χ4v) is 4.90. The Morgan fingerprint density at radius 2 is 1.54 bits per heavy atom. The Morgan fingerprint density at radius 1 is 0.872 bits per heavy atom. The second-order valence-electron chi connectivity index (χ2n) is 8.39. The summed E-state index contributed by atoms with van der Waals surface area (Å²) >= 11 is 18.7. The normalized spacial score (nSPS) is 17.5. The second kappa shape index (κ2) is 11.0. The van der Waals surface area contributed by atoms with Crippen LogP contribution in [0.1, 0.15) is 21.8 Å². The van der Waals surface area contributed by atoms with Gasteiger partial charge in [-0.3, -0.25) is 14.4 Å². The molecule has 3 aromatic carbocycles. The minimum Gasteiger partial charge on any atom is -0.326 e. The molecule has 2 atom stereocenters. The van der Waals surface area contributed by atoms with Crippen LogP contribution in [0.3, 0.4) is 0 Å². The molecule has 0 aliphatic heterocycles. The lowest BCUT2D eigenvalue weighted by molar-refractivity contribution is -0.126. The highest BCUT2D eigenvalue weighted by atomic mass is 35.5. The maximum atomic E-state index is 14.7. The van der Waals surface area contributed by atoms with Crippen molar-refractivity contribution in [3.8, 4) is 0 Å². The zero-order valence-corrected chi connectivity index (χ0v) is 21.4. The minimum atomic E-state index is -3.54. The largest absolute Gasteiger partial charge is 0.326 e. The van der Waals surface area contributed by atoms with E-state index in [0.29, 0.717) is 11.6 Å². The van der Waals surface area contributed by atoms with Crippen molar-refractivity contribution in [1.82, 2.24) is 0 Å². The van der Waals surface area contributed by atoms with E-state index >= 15 is 0 Å². The van der Waals surface area contributed by atoms with E-state index in [1.807, 2.05) is 0 Å². The van der Waals surface area contributed by atoms with Gasteiger partial charge in [-0.2, -0.15) is 8.78 Å². The molecule has 1 aliphatic rings. The van der Waals surface area contributed by atoms with E-state index < -0.39 is 69.1 Å². The number of nitrogens with one attached hydrogen (secondary N) is 3. The van der Waals surface area contributed by atoms with Gasteiger partial charge in [0.15, 0.2) is 5.82 Å². The SMILES string of the molecule is O=C(Nc1ccc(F)c(NC(=O)C(F)F)c1F)c1cc(NC(=O)[C@H]2[C@H](c3ccc(F)cc3)C2(Cl)Cl)ccc1Cl. The van der Waals surface area contributed by atoms with Crippen molar-refractivity contribution in [3.05, 3.63) is 88.2 Å². The van der Waals surface area contributed by atoms with Gasteiger partial charge in [-0.05, 0) is 48.0 Å². The van der Waals surface area contributed by atoms with E-state index in [-0.39, 0.29) is 16.3 Å². The van der Waals surface area contributed by atoms with E-state index in [1.54, 1.807) is 0 Å². The molecule has 14 heteroatoms. The summed E-state index contributed by atoms with van der Waals surface area (Å²) in [5, 5.41) is 5.96. The monoisotopic (exact) mass is 605 g/mol. The molecule has 4 rings (SSSR count). The fraction of sp³-hybridized carbons (Fsp3) is 0.160. The molecule has 0 heterocycles. The first-order valence-electron chi connectivity index (χ1n) is 10.9. The molecule has 1 fully saturated rings. The first kappa shape index (κ1) is 28.6. The van der Waals surface area contributed by atoms with Crippen LogP contribution >= 0.6 is 34.8 Å². The lowest BCUT2D eigenvalue weighted by atomic mass is 10.1. The van der Waals surface area contributed by atoms with Gasteiger partial charge in [0.2, 0.25) is 5.91 Å². The summed E-state index contributed by atoms with van der Waals surface area (Å²) in [6.45, 7) is 0. The summed E-state index contributed by atoms with van der Waals surface area (Å²) in [6, 6.07) is 10.6. The summed E-state index contributed by atoms with van der Waals surface area (Å²) in [4.78, 5) is 36.9. The molecular formula is C25H15Cl3F5N3O3. The molecule has 0 spiro atoms. The Balaban J connectivity index is 1.51. The van der Waals surface area contributed by atoms with Crippen molar-refractivity contribution < 1.29 is 36.3 Å². The number of hydrogen-bond donors (Lipinski definition) is 3. The van der Waals surface area contributed by atoms with Gasteiger partial charge in [0.1, 0.15) is 21.7 Å². The molecule has 0 unspecified atom stereocenters. The van der Waals surface area contributed by atoms with E-state index in [1.165, 1.54) is 41.7 Å². The second-order valence-corrected chi connectivity index (χ2v) is 10.2. The summed E-state index contributed by atoms with van der Waals surface area (Å²) in [5.74, 6) is -8.43. The van der Waals surface area contributed by atoms with Crippen LogP contribution in [0.2, 0.25) is 5.02 Å². The first-order chi connectivity index (χ1) is 18.3. The van der Waals surface area contributed by atoms with Crippen molar-refractivity contribution >= 4 is 69.6 Å². The highest BCUT2D eigenvalue weighted by Gasteiger charge is 2.67. The van der Waals surface area contributed by atoms with Gasteiger partial charge < -0.3 is 16.0 Å². The molecule has 204 valence electrons. The first-order valence-corrected chi connectivity index (χ1v) is 12.1. The Labute approximate surface area is 232 Å². The quantitative estimate of drug-likeness (QED) is 0.206. The number of hydrogen-bond acceptors (Lipinski definition) is 3. The molecule has 0 radical (unpaired) electrons. The maximum absolute atomic E-state index is 14.7. The zero-order chi connectivity index (χ0) is 28.6. The average molecular weight is 607 g/mol. The lowest BCUT2D eigenvalue weighted by Crippen LogP contribution is -2.22. The number of alkyl halides is 4. The summed E-state index contributed by atoms with van der Waals surface area (Å²) in [7, 11) is 0. The third kappa shape index (κ3) is 5.95. The molecule has 3 N–H and O–H groups in total. The van der Waals surface area contributed by atoms with Crippen LogP contribution in [0.4, 0.5) is 39.0 Å². The van der Waals surface area contributed by atoms with E-state index in [0.717, 1.165) is 12.1 Å². The standard InChI is InChI=1S/C25H15Cl3F5N3O3/c26-14-6-5-12(34-23(38)18-17(25(18,27)28)10-1-3-11(29)4-2-10)9-13(14)22(37)35-16-8-7-15(30)20(19(16)31)36-24(39)21(32)33/h1-9,17-18,21H,(H,34,38)(H,35,37)(H,36,39)/t17-,18+/m0/s1. The predicted molar refractivity (Wildman–Crippen MR) is 136 cm³/mol. The van der Waals surface area contributed by atoms with Gasteiger partial charge in [-0.15, -0.1) is 23.2 Å². The van der Waals surface area contributed by atoms with Crippen LogP contribution in [0.15, 0.2) is 54.6 Å². The van der Waals surface area contributed by atoms with Gasteiger partial charge in [-0.25, -0.2) is 13.2 Å². The smallest absolute Gasteiger partial charge is 0.315 e. The molecule has 6 nitrogen and oxygen atoms in total. The van der Waals surface area contributed by atoms with Crippen molar-refractivity contribution in [1.29, 1.82) is 0 Å². The Hall–Kier alpha value is -3.41. The number of carbonyl (C=O) groups excluding carboxylic acids is 3. The Bertz CT molecular complexity index is 1470. The van der Waals surface area contributed by atoms with Gasteiger partial charge in [0.25, 0.3) is 11.8 Å². The van der Waals surface area contributed by atoms with Gasteiger partial charge >= 0.3 is 6.43 Å². The molecule has 39 heavy (non-hydrogen) atoms. The third-order valence-electron chi connectivity index (χ3n) is 5.83. The number of amides is 3.